The van der Waals surface area contributed by atoms with Crippen LogP contribution in [0.25, 0.3) is 22.2 Å². The minimum absolute atomic E-state index is 0.0120. The van der Waals surface area contributed by atoms with Gasteiger partial charge in [-0.2, -0.15) is 0 Å². The summed E-state index contributed by atoms with van der Waals surface area (Å²) in [5.74, 6) is 0.501. The summed E-state index contributed by atoms with van der Waals surface area (Å²) in [5, 5.41) is 6.55. The van der Waals surface area contributed by atoms with E-state index in [1.165, 1.54) is 0 Å². The lowest BCUT2D eigenvalue weighted by Crippen LogP contribution is -2.37. The van der Waals surface area contributed by atoms with Crippen LogP contribution in [-0.2, 0) is 16.0 Å². The van der Waals surface area contributed by atoms with Crippen molar-refractivity contribution in [2.45, 2.75) is 26.2 Å². The number of benzene rings is 2. The minimum Gasteiger partial charge on any atom is -0.497 e. The van der Waals surface area contributed by atoms with E-state index in [1.54, 1.807) is 7.11 Å². The van der Waals surface area contributed by atoms with Gasteiger partial charge < -0.3 is 20.4 Å². The van der Waals surface area contributed by atoms with E-state index >= 15 is 0 Å². The van der Waals surface area contributed by atoms with Crippen molar-refractivity contribution in [2.24, 2.45) is 0 Å². The van der Waals surface area contributed by atoms with Crippen LogP contribution in [0.4, 0.5) is 0 Å². The highest BCUT2D eigenvalue weighted by molar-refractivity contribution is 5.91. The fourth-order valence-electron chi connectivity index (χ4n) is 3.30. The topological polar surface area (TPSA) is 83.2 Å². The van der Waals surface area contributed by atoms with Crippen LogP contribution in [0.1, 0.15) is 25.3 Å². The second kappa shape index (κ2) is 9.78. The Morgan fingerprint density at radius 1 is 1.00 bits per heavy atom. The summed E-state index contributed by atoms with van der Waals surface area (Å²) in [6.45, 7) is 2.62. The number of fused-ring (bicyclic) bond motifs is 1. The monoisotopic (exact) mass is 393 g/mol. The van der Waals surface area contributed by atoms with Gasteiger partial charge >= 0.3 is 0 Å². The van der Waals surface area contributed by atoms with Crippen LogP contribution < -0.4 is 15.4 Å². The summed E-state index contributed by atoms with van der Waals surface area (Å²) in [7, 11) is 1.64. The third-order valence-electron chi connectivity index (χ3n) is 4.81. The maximum absolute atomic E-state index is 12.3. The number of amides is 2. The lowest BCUT2D eigenvalue weighted by Gasteiger charge is -2.08. The van der Waals surface area contributed by atoms with Crippen LogP contribution in [0.5, 0.6) is 5.75 Å². The molecule has 0 bridgehead atoms. The van der Waals surface area contributed by atoms with Crippen LogP contribution in [-0.4, -0.2) is 37.0 Å². The summed E-state index contributed by atoms with van der Waals surface area (Å²) in [6, 6.07) is 15.9. The predicted octanol–water partition coefficient (Wildman–Crippen LogP) is 3.42. The molecule has 0 aliphatic heterocycles. The van der Waals surface area contributed by atoms with Gasteiger partial charge in [0.1, 0.15) is 5.75 Å². The first-order chi connectivity index (χ1) is 14.1. The quantitative estimate of drug-likeness (QED) is 0.521. The molecule has 0 aliphatic carbocycles. The van der Waals surface area contributed by atoms with Gasteiger partial charge in [0.25, 0.3) is 0 Å². The van der Waals surface area contributed by atoms with Crippen LogP contribution in [0.3, 0.4) is 0 Å². The highest BCUT2D eigenvalue weighted by atomic mass is 16.5. The van der Waals surface area contributed by atoms with Crippen LogP contribution in [0, 0.1) is 0 Å². The Kier molecular flexibility index (Phi) is 6.89. The zero-order chi connectivity index (χ0) is 20.6. The third kappa shape index (κ3) is 5.16. The first kappa shape index (κ1) is 20.5. The summed E-state index contributed by atoms with van der Waals surface area (Å²) >= 11 is 0. The number of aromatic nitrogens is 1. The first-order valence-electron chi connectivity index (χ1n) is 9.89. The van der Waals surface area contributed by atoms with E-state index < -0.39 is 0 Å². The average molecular weight is 393 g/mol. The smallest absolute Gasteiger partial charge is 0.239 e. The molecule has 3 rings (SSSR count). The number of rotatable bonds is 9. The van der Waals surface area contributed by atoms with Crippen molar-refractivity contribution >= 4 is 22.7 Å². The van der Waals surface area contributed by atoms with Crippen molar-refractivity contribution < 1.29 is 14.3 Å². The number of nitrogens with one attached hydrogen (secondary N) is 3. The van der Waals surface area contributed by atoms with Gasteiger partial charge in [-0.25, -0.2) is 0 Å². The van der Waals surface area contributed by atoms with Crippen molar-refractivity contribution in [3.8, 4) is 17.0 Å². The van der Waals surface area contributed by atoms with Gasteiger partial charge in [0.15, 0.2) is 0 Å². The molecule has 2 aromatic carbocycles. The van der Waals surface area contributed by atoms with E-state index in [0.717, 1.165) is 39.9 Å². The molecule has 2 amide bonds. The number of methoxy groups -OCH3 is 1. The zero-order valence-electron chi connectivity index (χ0n) is 16.9. The van der Waals surface area contributed by atoms with E-state index in [9.17, 15) is 9.59 Å². The van der Waals surface area contributed by atoms with Gasteiger partial charge in [-0.3, -0.25) is 9.59 Å². The maximum Gasteiger partial charge on any atom is 0.239 e. The molecular formula is C23H27N3O3. The molecule has 3 N–H and O–H groups in total. The molecule has 1 heterocycles. The SMILES string of the molecule is CCCNC(=O)CNC(=O)CCc1c(-c2ccc(OC)cc2)[nH]c2ccccc12. The van der Waals surface area contributed by atoms with Crippen molar-refractivity contribution in [3.05, 3.63) is 54.1 Å². The fraction of sp³-hybridized carbons (Fsp3) is 0.304. The Labute approximate surface area is 170 Å². The normalized spacial score (nSPS) is 10.7. The van der Waals surface area contributed by atoms with E-state index in [4.69, 9.17) is 4.74 Å². The van der Waals surface area contributed by atoms with E-state index in [1.807, 2.05) is 49.4 Å². The summed E-state index contributed by atoms with van der Waals surface area (Å²) in [4.78, 5) is 27.4. The summed E-state index contributed by atoms with van der Waals surface area (Å²) in [5.41, 5.74) is 4.17. The summed E-state index contributed by atoms with van der Waals surface area (Å²) < 4.78 is 5.25. The predicted molar refractivity (Wildman–Crippen MR) is 115 cm³/mol. The van der Waals surface area contributed by atoms with E-state index in [2.05, 4.69) is 21.7 Å². The number of ether oxygens (including phenoxy) is 1. The number of carbonyl (C=O) groups is 2. The fourth-order valence-corrected chi connectivity index (χ4v) is 3.30. The molecule has 1 aromatic heterocycles. The highest BCUT2D eigenvalue weighted by Crippen LogP contribution is 2.32. The van der Waals surface area contributed by atoms with Gasteiger partial charge in [0.05, 0.1) is 13.7 Å². The highest BCUT2D eigenvalue weighted by Gasteiger charge is 2.15. The number of hydrogen-bond acceptors (Lipinski definition) is 3. The standard InChI is InChI=1S/C23H27N3O3/c1-3-14-24-22(28)15-25-21(27)13-12-19-18-6-4-5-7-20(18)26-23(19)16-8-10-17(29-2)11-9-16/h4-11,26H,3,12-15H2,1-2H3,(H,24,28)(H,25,27). The molecule has 6 heteroatoms. The number of hydrogen-bond donors (Lipinski definition) is 3. The molecule has 152 valence electrons. The van der Waals surface area contributed by atoms with Crippen molar-refractivity contribution in [1.82, 2.24) is 15.6 Å². The van der Waals surface area contributed by atoms with Crippen LogP contribution >= 0.6 is 0 Å². The number of aryl methyl sites for hydroxylation is 1. The van der Waals surface area contributed by atoms with E-state index in [0.29, 0.717) is 19.4 Å². The molecule has 29 heavy (non-hydrogen) atoms. The van der Waals surface area contributed by atoms with Gasteiger partial charge in [0.2, 0.25) is 11.8 Å². The molecular weight excluding hydrogens is 366 g/mol. The molecule has 0 unspecified atom stereocenters. The Morgan fingerprint density at radius 3 is 2.48 bits per heavy atom. The van der Waals surface area contributed by atoms with Crippen molar-refractivity contribution in [3.63, 3.8) is 0 Å². The Bertz CT molecular complexity index is 977. The van der Waals surface area contributed by atoms with Gasteiger partial charge in [-0.15, -0.1) is 0 Å². The maximum atomic E-state index is 12.3. The molecule has 0 saturated carbocycles. The molecule has 0 radical (unpaired) electrons. The minimum atomic E-state index is -0.161. The molecule has 0 aliphatic rings. The molecule has 0 spiro atoms. The molecule has 0 saturated heterocycles. The Hall–Kier alpha value is -3.28. The van der Waals surface area contributed by atoms with Gasteiger partial charge in [0, 0.05) is 29.6 Å². The molecule has 0 atom stereocenters. The average Bonchev–Trinajstić information content (AvgIpc) is 3.13. The van der Waals surface area contributed by atoms with E-state index in [-0.39, 0.29) is 18.4 Å². The summed E-state index contributed by atoms with van der Waals surface area (Å²) in [6.07, 6.45) is 1.76. The zero-order valence-corrected chi connectivity index (χ0v) is 16.9. The lowest BCUT2D eigenvalue weighted by atomic mass is 10.0. The van der Waals surface area contributed by atoms with Crippen molar-refractivity contribution in [1.29, 1.82) is 0 Å². The first-order valence-corrected chi connectivity index (χ1v) is 9.89. The van der Waals surface area contributed by atoms with Gasteiger partial charge in [-0.1, -0.05) is 25.1 Å². The van der Waals surface area contributed by atoms with Crippen molar-refractivity contribution in [2.75, 3.05) is 20.2 Å². The lowest BCUT2D eigenvalue weighted by molar-refractivity contribution is -0.126. The number of aromatic amines is 1. The Morgan fingerprint density at radius 2 is 1.76 bits per heavy atom. The molecule has 6 nitrogen and oxygen atoms in total. The third-order valence-corrected chi connectivity index (χ3v) is 4.81. The second-order valence-electron chi connectivity index (χ2n) is 6.88. The Balaban J connectivity index is 1.74. The number of H-pyrrole nitrogens is 1. The second-order valence-corrected chi connectivity index (χ2v) is 6.88. The van der Waals surface area contributed by atoms with Gasteiger partial charge in [-0.05, 0) is 54.3 Å². The molecule has 0 fully saturated rings. The molecule has 3 aromatic rings. The largest absolute Gasteiger partial charge is 0.497 e. The number of para-hydroxylation sites is 1. The van der Waals surface area contributed by atoms with Crippen LogP contribution in [0.15, 0.2) is 48.5 Å². The van der Waals surface area contributed by atoms with Crippen LogP contribution in [0.2, 0.25) is 0 Å². The number of carbonyl (C=O) groups excluding carboxylic acids is 2.